The number of aromatic nitrogens is 2. The number of hydrogen-bond acceptors (Lipinski definition) is 3. The van der Waals surface area contributed by atoms with E-state index in [1.807, 2.05) is 6.20 Å². The summed E-state index contributed by atoms with van der Waals surface area (Å²) in [6.07, 6.45) is 1.85. The van der Waals surface area contributed by atoms with Crippen LogP contribution in [0, 0.1) is 0 Å². The van der Waals surface area contributed by atoms with Crippen molar-refractivity contribution in [2.24, 2.45) is 0 Å². The molecule has 2 aromatic carbocycles. The first-order chi connectivity index (χ1) is 10.3. The fourth-order valence-electron chi connectivity index (χ4n) is 2.82. The molecule has 4 rings (SSSR count). The molecule has 0 spiro atoms. The lowest BCUT2D eigenvalue weighted by Crippen LogP contribution is -2.20. The van der Waals surface area contributed by atoms with Crippen LogP contribution < -0.4 is 4.74 Å². The molecular weight excluding hydrogens is 262 g/mol. The van der Waals surface area contributed by atoms with Crippen LogP contribution in [0.2, 0.25) is 0 Å². The predicted molar refractivity (Wildman–Crippen MR) is 83.4 cm³/mol. The smallest absolute Gasteiger partial charge is 0.123 e. The van der Waals surface area contributed by atoms with Crippen LogP contribution >= 0.6 is 0 Å². The SMILES string of the molecule is CN1CCOc2ccc(-c3ccc4cn[nH]c4c3)cc2C1. The quantitative estimate of drug-likeness (QED) is 0.744. The Kier molecular flexibility index (Phi) is 2.89. The Balaban J connectivity index is 1.78. The second-order valence-corrected chi connectivity index (χ2v) is 5.58. The first kappa shape index (κ1) is 12.4. The second kappa shape index (κ2) is 4.90. The molecule has 0 radical (unpaired) electrons. The van der Waals surface area contributed by atoms with E-state index >= 15 is 0 Å². The molecule has 0 amide bonds. The van der Waals surface area contributed by atoms with E-state index in [-0.39, 0.29) is 0 Å². The molecule has 106 valence electrons. The number of nitrogens with zero attached hydrogens (tertiary/aromatic N) is 2. The van der Waals surface area contributed by atoms with Crippen molar-refractivity contribution in [3.05, 3.63) is 48.2 Å². The van der Waals surface area contributed by atoms with Gasteiger partial charge in [0, 0.05) is 24.0 Å². The highest BCUT2D eigenvalue weighted by Gasteiger charge is 2.13. The van der Waals surface area contributed by atoms with Gasteiger partial charge in [0.25, 0.3) is 0 Å². The lowest BCUT2D eigenvalue weighted by atomic mass is 10.0. The molecule has 0 fully saturated rings. The molecule has 2 heterocycles. The van der Waals surface area contributed by atoms with Crippen LogP contribution in [0.5, 0.6) is 5.75 Å². The van der Waals surface area contributed by atoms with Crippen molar-refractivity contribution in [2.45, 2.75) is 6.54 Å². The van der Waals surface area contributed by atoms with Gasteiger partial charge in [0.2, 0.25) is 0 Å². The molecule has 0 saturated carbocycles. The minimum atomic E-state index is 0.753. The summed E-state index contributed by atoms with van der Waals surface area (Å²) in [6.45, 7) is 2.64. The van der Waals surface area contributed by atoms with Gasteiger partial charge in [-0.25, -0.2) is 0 Å². The molecule has 1 N–H and O–H groups in total. The van der Waals surface area contributed by atoms with Gasteiger partial charge in [0.1, 0.15) is 12.4 Å². The number of H-pyrrole nitrogens is 1. The average molecular weight is 279 g/mol. The van der Waals surface area contributed by atoms with Crippen LogP contribution in [-0.2, 0) is 6.54 Å². The van der Waals surface area contributed by atoms with Crippen LogP contribution in [0.1, 0.15) is 5.56 Å². The van der Waals surface area contributed by atoms with E-state index < -0.39 is 0 Å². The number of ether oxygens (including phenoxy) is 1. The Hall–Kier alpha value is -2.33. The molecule has 4 heteroatoms. The van der Waals surface area contributed by atoms with Gasteiger partial charge in [-0.05, 0) is 36.4 Å². The van der Waals surface area contributed by atoms with Gasteiger partial charge < -0.3 is 4.74 Å². The average Bonchev–Trinajstić information content (AvgIpc) is 2.88. The van der Waals surface area contributed by atoms with Crippen LogP contribution in [0.15, 0.2) is 42.6 Å². The maximum Gasteiger partial charge on any atom is 0.123 e. The van der Waals surface area contributed by atoms with Gasteiger partial charge in [0.15, 0.2) is 0 Å². The highest BCUT2D eigenvalue weighted by molar-refractivity contribution is 5.84. The van der Waals surface area contributed by atoms with Crippen molar-refractivity contribution in [3.8, 4) is 16.9 Å². The summed E-state index contributed by atoms with van der Waals surface area (Å²) in [4.78, 5) is 2.29. The number of likely N-dealkylation sites (N-methyl/N-ethyl adjacent to an activating group) is 1. The summed E-state index contributed by atoms with van der Waals surface area (Å²) in [6, 6.07) is 12.8. The molecule has 1 aliphatic heterocycles. The monoisotopic (exact) mass is 279 g/mol. The molecule has 3 aromatic rings. The third-order valence-electron chi connectivity index (χ3n) is 4.01. The van der Waals surface area contributed by atoms with Crippen molar-refractivity contribution < 1.29 is 4.74 Å². The van der Waals surface area contributed by atoms with Gasteiger partial charge in [0.05, 0.1) is 11.7 Å². The molecule has 0 unspecified atom stereocenters. The van der Waals surface area contributed by atoms with Crippen molar-refractivity contribution >= 4 is 10.9 Å². The van der Waals surface area contributed by atoms with E-state index in [1.54, 1.807) is 0 Å². The predicted octanol–water partition coefficient (Wildman–Crippen LogP) is 3.05. The molecule has 21 heavy (non-hydrogen) atoms. The van der Waals surface area contributed by atoms with Gasteiger partial charge in [-0.2, -0.15) is 5.10 Å². The highest BCUT2D eigenvalue weighted by Crippen LogP contribution is 2.30. The summed E-state index contributed by atoms with van der Waals surface area (Å²) in [5.74, 6) is 1.01. The standard InChI is InChI=1S/C17H17N3O/c1-20-6-7-21-17-5-4-12(8-15(17)11-20)13-2-3-14-10-18-19-16(14)9-13/h2-5,8-10H,6-7,11H2,1H3,(H,18,19). The maximum absolute atomic E-state index is 5.81. The van der Waals surface area contributed by atoms with Crippen molar-refractivity contribution in [3.63, 3.8) is 0 Å². The van der Waals surface area contributed by atoms with E-state index in [0.29, 0.717) is 0 Å². The lowest BCUT2D eigenvalue weighted by molar-refractivity contribution is 0.259. The number of nitrogens with one attached hydrogen (secondary N) is 1. The van der Waals surface area contributed by atoms with Gasteiger partial charge >= 0.3 is 0 Å². The topological polar surface area (TPSA) is 41.1 Å². The second-order valence-electron chi connectivity index (χ2n) is 5.58. The van der Waals surface area contributed by atoms with Gasteiger partial charge in [-0.3, -0.25) is 10.00 Å². The lowest BCUT2D eigenvalue weighted by Gasteiger charge is -2.12. The molecule has 0 aliphatic carbocycles. The minimum absolute atomic E-state index is 0.753. The van der Waals surface area contributed by atoms with E-state index in [2.05, 4.69) is 58.5 Å². The molecule has 0 bridgehead atoms. The van der Waals surface area contributed by atoms with Crippen molar-refractivity contribution in [2.75, 3.05) is 20.2 Å². The Morgan fingerprint density at radius 3 is 2.95 bits per heavy atom. The fourth-order valence-corrected chi connectivity index (χ4v) is 2.82. The van der Waals surface area contributed by atoms with Gasteiger partial charge in [-0.1, -0.05) is 18.2 Å². The Labute approximate surface area is 123 Å². The Morgan fingerprint density at radius 2 is 2.00 bits per heavy atom. The van der Waals surface area contributed by atoms with Crippen LogP contribution in [0.3, 0.4) is 0 Å². The zero-order chi connectivity index (χ0) is 14.2. The molecule has 1 aliphatic rings. The Bertz CT molecular complexity index is 794. The molecule has 0 saturated heterocycles. The normalized spacial score (nSPS) is 15.5. The third kappa shape index (κ3) is 2.28. The molecule has 4 nitrogen and oxygen atoms in total. The van der Waals surface area contributed by atoms with Crippen LogP contribution in [-0.4, -0.2) is 35.3 Å². The fraction of sp³-hybridized carbons (Fsp3) is 0.235. The summed E-state index contributed by atoms with van der Waals surface area (Å²) >= 11 is 0. The number of rotatable bonds is 1. The first-order valence-corrected chi connectivity index (χ1v) is 7.17. The zero-order valence-corrected chi connectivity index (χ0v) is 12.0. The molecular formula is C17H17N3O. The molecule has 1 aromatic heterocycles. The third-order valence-corrected chi connectivity index (χ3v) is 4.01. The summed E-state index contributed by atoms with van der Waals surface area (Å²) in [5.41, 5.74) is 4.72. The van der Waals surface area contributed by atoms with Crippen molar-refractivity contribution in [1.82, 2.24) is 15.1 Å². The van der Waals surface area contributed by atoms with E-state index in [9.17, 15) is 0 Å². The highest BCUT2D eigenvalue weighted by atomic mass is 16.5. The van der Waals surface area contributed by atoms with E-state index in [1.165, 1.54) is 16.7 Å². The largest absolute Gasteiger partial charge is 0.492 e. The van der Waals surface area contributed by atoms with Gasteiger partial charge in [-0.15, -0.1) is 0 Å². The first-order valence-electron chi connectivity index (χ1n) is 7.17. The van der Waals surface area contributed by atoms with Crippen LogP contribution in [0.25, 0.3) is 22.0 Å². The molecule has 0 atom stereocenters. The minimum Gasteiger partial charge on any atom is -0.492 e. The number of hydrogen-bond donors (Lipinski definition) is 1. The van der Waals surface area contributed by atoms with Crippen LogP contribution in [0.4, 0.5) is 0 Å². The Morgan fingerprint density at radius 1 is 1.14 bits per heavy atom. The number of benzene rings is 2. The summed E-state index contributed by atoms with van der Waals surface area (Å²) < 4.78 is 5.81. The van der Waals surface area contributed by atoms with E-state index in [4.69, 9.17) is 4.74 Å². The van der Waals surface area contributed by atoms with Crippen molar-refractivity contribution in [1.29, 1.82) is 0 Å². The number of aromatic amines is 1. The maximum atomic E-state index is 5.81. The van der Waals surface area contributed by atoms with E-state index in [0.717, 1.165) is 36.3 Å². The zero-order valence-electron chi connectivity index (χ0n) is 12.0. The summed E-state index contributed by atoms with van der Waals surface area (Å²) in [5, 5.41) is 8.24. The summed E-state index contributed by atoms with van der Waals surface area (Å²) in [7, 11) is 2.13. The number of fused-ring (bicyclic) bond motifs is 2.